The minimum Gasteiger partial charge on any atom is -0.348 e. The molecule has 0 aromatic heterocycles. The Labute approximate surface area is 158 Å². The van der Waals surface area contributed by atoms with E-state index in [1.54, 1.807) is 18.2 Å². The smallest absolute Gasteiger partial charge is 0.261 e. The summed E-state index contributed by atoms with van der Waals surface area (Å²) in [6.45, 7) is 0.415. The number of nitrogens with one attached hydrogen (secondary N) is 1. The Morgan fingerprint density at radius 2 is 1.63 bits per heavy atom. The molecular formula is C22H22N2O3. The summed E-state index contributed by atoms with van der Waals surface area (Å²) in [5, 5.41) is 2.86. The molecule has 2 aliphatic rings. The lowest BCUT2D eigenvalue weighted by atomic mass is 9.94. The highest BCUT2D eigenvalue weighted by Crippen LogP contribution is 2.31. The van der Waals surface area contributed by atoms with Crippen molar-refractivity contribution in [2.45, 2.75) is 44.7 Å². The van der Waals surface area contributed by atoms with Crippen LogP contribution in [0.2, 0.25) is 0 Å². The van der Waals surface area contributed by atoms with Gasteiger partial charge in [-0.2, -0.15) is 0 Å². The third-order valence-corrected chi connectivity index (χ3v) is 5.42. The van der Waals surface area contributed by atoms with Gasteiger partial charge in [0.15, 0.2) is 0 Å². The number of carbonyl (C=O) groups excluding carboxylic acids is 3. The summed E-state index contributed by atoms with van der Waals surface area (Å²) < 4.78 is 0. The number of fused-ring (bicyclic) bond motifs is 1. The Hall–Kier alpha value is -2.95. The number of hydrogen-bond donors (Lipinski definition) is 1. The predicted molar refractivity (Wildman–Crippen MR) is 101 cm³/mol. The maximum atomic E-state index is 12.8. The van der Waals surface area contributed by atoms with Crippen molar-refractivity contribution in [2.24, 2.45) is 0 Å². The maximum Gasteiger partial charge on any atom is 0.261 e. The fourth-order valence-electron chi connectivity index (χ4n) is 3.95. The van der Waals surface area contributed by atoms with E-state index in [1.807, 2.05) is 30.3 Å². The number of carbonyl (C=O) groups is 3. The van der Waals surface area contributed by atoms with E-state index in [-0.39, 0.29) is 23.8 Å². The molecule has 0 atom stereocenters. The van der Waals surface area contributed by atoms with E-state index in [0.717, 1.165) is 37.7 Å². The molecule has 0 unspecified atom stereocenters. The second-order valence-corrected chi connectivity index (χ2v) is 7.20. The van der Waals surface area contributed by atoms with Gasteiger partial charge in [0.05, 0.1) is 11.1 Å². The molecule has 0 bridgehead atoms. The zero-order chi connectivity index (χ0) is 18.8. The number of benzene rings is 2. The van der Waals surface area contributed by atoms with Crippen LogP contribution in [0, 0.1) is 0 Å². The molecular weight excluding hydrogens is 340 g/mol. The normalized spacial score (nSPS) is 17.1. The van der Waals surface area contributed by atoms with Crippen molar-refractivity contribution >= 4 is 17.7 Å². The van der Waals surface area contributed by atoms with Crippen molar-refractivity contribution in [3.05, 3.63) is 70.8 Å². The first-order chi connectivity index (χ1) is 13.1. The second kappa shape index (κ2) is 7.35. The van der Waals surface area contributed by atoms with Crippen LogP contribution in [0.4, 0.5) is 0 Å². The molecule has 4 rings (SSSR count). The number of hydrogen-bond acceptors (Lipinski definition) is 3. The van der Waals surface area contributed by atoms with Crippen molar-refractivity contribution in [3.8, 4) is 0 Å². The van der Waals surface area contributed by atoms with Crippen LogP contribution >= 0.6 is 0 Å². The lowest BCUT2D eigenvalue weighted by Crippen LogP contribution is -2.40. The molecule has 1 aliphatic carbocycles. The molecule has 0 spiro atoms. The molecule has 3 amide bonds. The van der Waals surface area contributed by atoms with E-state index >= 15 is 0 Å². The summed E-state index contributed by atoms with van der Waals surface area (Å²) >= 11 is 0. The molecule has 138 valence electrons. The summed E-state index contributed by atoms with van der Waals surface area (Å²) in [7, 11) is 0. The van der Waals surface area contributed by atoms with Crippen LogP contribution in [0.5, 0.6) is 0 Å². The minimum absolute atomic E-state index is 0.0125. The number of imide groups is 1. The van der Waals surface area contributed by atoms with Crippen molar-refractivity contribution in [1.82, 2.24) is 10.2 Å². The van der Waals surface area contributed by atoms with Gasteiger partial charge in [-0.1, -0.05) is 49.6 Å². The zero-order valence-electron chi connectivity index (χ0n) is 15.1. The standard InChI is InChI=1S/C22H22N2O3/c25-20(23-14-15-7-3-1-4-8-15)16-11-12-18-19(13-16)22(27)24(21(18)26)17-9-5-2-6-10-17/h1,3-4,7-8,11-13,17H,2,5-6,9-10,14H2,(H,23,25). The van der Waals surface area contributed by atoms with Gasteiger partial charge in [0.25, 0.3) is 17.7 Å². The van der Waals surface area contributed by atoms with Crippen molar-refractivity contribution in [3.63, 3.8) is 0 Å². The highest BCUT2D eigenvalue weighted by atomic mass is 16.2. The molecule has 1 saturated carbocycles. The second-order valence-electron chi connectivity index (χ2n) is 7.20. The Balaban J connectivity index is 1.51. The third kappa shape index (κ3) is 3.37. The van der Waals surface area contributed by atoms with Crippen molar-refractivity contribution in [1.29, 1.82) is 0 Å². The van der Waals surface area contributed by atoms with E-state index in [1.165, 1.54) is 4.90 Å². The molecule has 1 N–H and O–H groups in total. The van der Waals surface area contributed by atoms with E-state index in [9.17, 15) is 14.4 Å². The lowest BCUT2D eigenvalue weighted by molar-refractivity contribution is 0.0549. The van der Waals surface area contributed by atoms with Crippen LogP contribution in [0.15, 0.2) is 48.5 Å². The fraction of sp³-hybridized carbons (Fsp3) is 0.318. The van der Waals surface area contributed by atoms with Gasteiger partial charge in [0.1, 0.15) is 0 Å². The van der Waals surface area contributed by atoms with Crippen LogP contribution < -0.4 is 5.32 Å². The first kappa shape index (κ1) is 17.5. The van der Waals surface area contributed by atoms with Gasteiger partial charge in [0, 0.05) is 18.2 Å². The summed E-state index contributed by atoms with van der Waals surface area (Å²) in [4.78, 5) is 39.4. The van der Waals surface area contributed by atoms with Gasteiger partial charge in [-0.15, -0.1) is 0 Å². The van der Waals surface area contributed by atoms with Gasteiger partial charge >= 0.3 is 0 Å². The molecule has 1 fully saturated rings. The fourth-order valence-corrected chi connectivity index (χ4v) is 3.95. The van der Waals surface area contributed by atoms with Crippen LogP contribution in [0.25, 0.3) is 0 Å². The quantitative estimate of drug-likeness (QED) is 0.846. The summed E-state index contributed by atoms with van der Waals surface area (Å²) in [6, 6.07) is 14.4. The Bertz CT molecular complexity index is 886. The lowest BCUT2D eigenvalue weighted by Gasteiger charge is -2.29. The average molecular weight is 362 g/mol. The van der Waals surface area contributed by atoms with Gasteiger partial charge in [-0.05, 0) is 36.6 Å². The Kier molecular flexibility index (Phi) is 4.75. The molecule has 2 aromatic rings. The SMILES string of the molecule is O=C(NCc1ccccc1)c1ccc2c(c1)C(=O)N(C1CCCCC1)C2=O. The molecule has 27 heavy (non-hydrogen) atoms. The maximum absolute atomic E-state index is 12.8. The molecule has 5 nitrogen and oxygen atoms in total. The van der Waals surface area contributed by atoms with Gasteiger partial charge in [0.2, 0.25) is 0 Å². The van der Waals surface area contributed by atoms with Gasteiger partial charge < -0.3 is 5.32 Å². The number of nitrogens with zero attached hydrogens (tertiary/aromatic N) is 1. The van der Waals surface area contributed by atoms with Gasteiger partial charge in [-0.3, -0.25) is 19.3 Å². The summed E-state index contributed by atoms with van der Waals surface area (Å²) in [5.41, 5.74) is 2.15. The summed E-state index contributed by atoms with van der Waals surface area (Å²) in [5.74, 6) is -0.740. The summed E-state index contributed by atoms with van der Waals surface area (Å²) in [6.07, 6.45) is 4.99. The molecule has 1 heterocycles. The average Bonchev–Trinajstić information content (AvgIpc) is 2.97. The first-order valence-electron chi connectivity index (χ1n) is 9.49. The molecule has 5 heteroatoms. The van der Waals surface area contributed by atoms with Gasteiger partial charge in [-0.25, -0.2) is 0 Å². The van der Waals surface area contributed by atoms with Crippen LogP contribution in [0.3, 0.4) is 0 Å². The topological polar surface area (TPSA) is 66.5 Å². The third-order valence-electron chi connectivity index (χ3n) is 5.42. The van der Waals surface area contributed by atoms with Crippen LogP contribution in [-0.2, 0) is 6.54 Å². The highest BCUT2D eigenvalue weighted by Gasteiger charge is 2.40. The van der Waals surface area contributed by atoms with E-state index in [4.69, 9.17) is 0 Å². The highest BCUT2D eigenvalue weighted by molar-refractivity contribution is 6.22. The van der Waals surface area contributed by atoms with E-state index in [0.29, 0.717) is 23.2 Å². The minimum atomic E-state index is -0.264. The number of amides is 3. The molecule has 0 radical (unpaired) electrons. The molecule has 0 saturated heterocycles. The molecule has 1 aliphatic heterocycles. The monoisotopic (exact) mass is 362 g/mol. The number of rotatable bonds is 4. The van der Waals surface area contributed by atoms with Crippen molar-refractivity contribution in [2.75, 3.05) is 0 Å². The van der Waals surface area contributed by atoms with E-state index < -0.39 is 0 Å². The largest absolute Gasteiger partial charge is 0.348 e. The van der Waals surface area contributed by atoms with Crippen LogP contribution in [0.1, 0.15) is 68.7 Å². The first-order valence-corrected chi connectivity index (χ1v) is 9.49. The van der Waals surface area contributed by atoms with Crippen LogP contribution in [-0.4, -0.2) is 28.7 Å². The van der Waals surface area contributed by atoms with E-state index in [2.05, 4.69) is 5.32 Å². The Morgan fingerprint density at radius 1 is 0.926 bits per heavy atom. The molecule has 2 aromatic carbocycles. The van der Waals surface area contributed by atoms with Crippen molar-refractivity contribution < 1.29 is 14.4 Å². The Morgan fingerprint density at radius 3 is 2.37 bits per heavy atom. The zero-order valence-corrected chi connectivity index (χ0v) is 15.1. The predicted octanol–water partition coefficient (Wildman–Crippen LogP) is 3.55.